The molecule has 1 aromatic carbocycles. The molecule has 2 aliphatic rings. The van der Waals surface area contributed by atoms with Crippen LogP contribution in [-0.2, 0) is 19.6 Å². The molecule has 0 aromatic heterocycles. The van der Waals surface area contributed by atoms with Gasteiger partial charge in [0.2, 0.25) is 10.0 Å². The Morgan fingerprint density at radius 1 is 1.41 bits per heavy atom. The number of ether oxygens (including phenoxy) is 2. The molecule has 0 unspecified atom stereocenters. The van der Waals surface area contributed by atoms with Crippen LogP contribution in [0.25, 0.3) is 0 Å². The summed E-state index contributed by atoms with van der Waals surface area (Å²) >= 11 is 6.03. The number of fused-ring (bicyclic) bond motifs is 1. The lowest BCUT2D eigenvalue weighted by Crippen LogP contribution is -2.32. The molecule has 0 spiro atoms. The number of benzene rings is 1. The van der Waals surface area contributed by atoms with Gasteiger partial charge >= 0.3 is 0 Å². The molecule has 0 radical (unpaired) electrons. The third-order valence-electron chi connectivity index (χ3n) is 3.48. The maximum Gasteiger partial charge on any atom is 0.262 e. The number of hydrogen-bond donors (Lipinski definition) is 2. The van der Waals surface area contributed by atoms with Crippen molar-refractivity contribution in [1.29, 1.82) is 0 Å². The number of sulfonamides is 1. The minimum absolute atomic E-state index is 0.0180. The van der Waals surface area contributed by atoms with Crippen LogP contribution in [0.3, 0.4) is 0 Å². The van der Waals surface area contributed by atoms with E-state index in [2.05, 4.69) is 10.0 Å². The lowest BCUT2D eigenvalue weighted by Gasteiger charge is -2.20. The van der Waals surface area contributed by atoms with Crippen molar-refractivity contribution < 1.29 is 22.7 Å². The second-order valence-corrected chi connectivity index (χ2v) is 7.25. The molecule has 0 saturated carbocycles. The van der Waals surface area contributed by atoms with Gasteiger partial charge in [0.15, 0.2) is 6.61 Å². The van der Waals surface area contributed by atoms with Gasteiger partial charge in [-0.05, 0) is 18.9 Å². The summed E-state index contributed by atoms with van der Waals surface area (Å²) in [5, 5.41) is 2.59. The first-order valence-corrected chi connectivity index (χ1v) is 8.69. The number of halogens is 1. The fourth-order valence-corrected chi connectivity index (χ4v) is 3.98. The monoisotopic (exact) mass is 346 g/mol. The quantitative estimate of drug-likeness (QED) is 0.852. The molecule has 2 aliphatic heterocycles. The highest BCUT2D eigenvalue weighted by Crippen LogP contribution is 2.35. The van der Waals surface area contributed by atoms with Gasteiger partial charge in [-0.3, -0.25) is 4.79 Å². The van der Waals surface area contributed by atoms with E-state index in [1.165, 1.54) is 12.1 Å². The maximum absolute atomic E-state index is 12.4. The number of carbonyl (C=O) groups is 1. The first-order valence-electron chi connectivity index (χ1n) is 6.83. The lowest BCUT2D eigenvalue weighted by atomic mass is 10.2. The largest absolute Gasteiger partial charge is 0.482 e. The van der Waals surface area contributed by atoms with Crippen LogP contribution in [0.4, 0.5) is 5.69 Å². The van der Waals surface area contributed by atoms with Crippen molar-refractivity contribution >= 4 is 33.2 Å². The summed E-state index contributed by atoms with van der Waals surface area (Å²) in [6, 6.07) is 2.68. The van der Waals surface area contributed by atoms with Gasteiger partial charge in [-0.25, -0.2) is 13.1 Å². The minimum Gasteiger partial charge on any atom is -0.482 e. The number of carbonyl (C=O) groups excluding carboxylic acids is 1. The van der Waals surface area contributed by atoms with Crippen molar-refractivity contribution in [3.8, 4) is 5.75 Å². The number of anilines is 1. The fourth-order valence-electron chi connectivity index (χ4n) is 2.37. The molecule has 3 rings (SSSR count). The molecule has 22 heavy (non-hydrogen) atoms. The zero-order chi connectivity index (χ0) is 15.7. The highest BCUT2D eigenvalue weighted by molar-refractivity contribution is 7.89. The van der Waals surface area contributed by atoms with Crippen molar-refractivity contribution in [2.75, 3.05) is 25.1 Å². The average Bonchev–Trinajstić information content (AvgIpc) is 2.97. The van der Waals surface area contributed by atoms with Crippen molar-refractivity contribution in [1.82, 2.24) is 4.72 Å². The normalized spacial score (nSPS) is 21.1. The molecule has 7 nitrogen and oxygen atoms in total. The Balaban J connectivity index is 1.82. The fraction of sp³-hybridized carbons (Fsp3) is 0.462. The standard InChI is InChI=1S/C13H15ClN2O5S/c14-9-4-10-11(21-7-13(17)16-10)5-12(9)22(18,19)15-6-8-2-1-3-20-8/h4-5,8,15H,1-3,6-7H2,(H,16,17)/t8-/m1/s1. The van der Waals surface area contributed by atoms with E-state index < -0.39 is 10.0 Å². The van der Waals surface area contributed by atoms with E-state index in [0.29, 0.717) is 12.3 Å². The molecule has 120 valence electrons. The first kappa shape index (κ1) is 15.5. The summed E-state index contributed by atoms with van der Waals surface area (Å²) in [7, 11) is -3.78. The summed E-state index contributed by atoms with van der Waals surface area (Å²) in [5.41, 5.74) is 0.360. The molecule has 2 heterocycles. The van der Waals surface area contributed by atoms with Crippen molar-refractivity contribution in [3.63, 3.8) is 0 Å². The van der Waals surface area contributed by atoms with Crippen LogP contribution < -0.4 is 14.8 Å². The van der Waals surface area contributed by atoms with E-state index in [1.54, 1.807) is 0 Å². The molecule has 1 fully saturated rings. The van der Waals surface area contributed by atoms with Gasteiger partial charge in [-0.1, -0.05) is 11.6 Å². The molecule has 1 saturated heterocycles. The molecule has 1 amide bonds. The Bertz CT molecular complexity index is 701. The Labute approximate surface area is 133 Å². The summed E-state index contributed by atoms with van der Waals surface area (Å²) < 4.78 is 37.8. The third kappa shape index (κ3) is 3.19. The number of rotatable bonds is 4. The molecule has 1 atom stereocenters. The van der Waals surface area contributed by atoms with Crippen molar-refractivity contribution in [2.24, 2.45) is 0 Å². The SMILES string of the molecule is O=C1COc2cc(S(=O)(=O)NC[C@H]3CCCO3)c(Cl)cc2N1. The average molecular weight is 347 g/mol. The smallest absolute Gasteiger partial charge is 0.262 e. The summed E-state index contributed by atoms with van der Waals surface area (Å²) in [5.74, 6) is -0.0304. The van der Waals surface area contributed by atoms with Crippen molar-refractivity contribution in [3.05, 3.63) is 17.2 Å². The van der Waals surface area contributed by atoms with Crippen molar-refractivity contribution in [2.45, 2.75) is 23.8 Å². The predicted molar refractivity (Wildman–Crippen MR) is 79.7 cm³/mol. The van der Waals surface area contributed by atoms with Gasteiger partial charge in [-0.2, -0.15) is 0 Å². The zero-order valence-corrected chi connectivity index (χ0v) is 13.2. The highest BCUT2D eigenvalue weighted by atomic mass is 35.5. The van der Waals surface area contributed by atoms with Gasteiger partial charge < -0.3 is 14.8 Å². The first-order chi connectivity index (χ1) is 10.5. The van der Waals surface area contributed by atoms with E-state index in [0.717, 1.165) is 12.8 Å². The lowest BCUT2D eigenvalue weighted by molar-refractivity contribution is -0.118. The number of hydrogen-bond acceptors (Lipinski definition) is 5. The Kier molecular flexibility index (Phi) is 4.26. The van der Waals surface area contributed by atoms with E-state index >= 15 is 0 Å². The third-order valence-corrected chi connectivity index (χ3v) is 5.37. The maximum atomic E-state index is 12.4. The molecule has 1 aromatic rings. The van der Waals surface area contributed by atoms with Crippen LogP contribution >= 0.6 is 11.6 Å². The Morgan fingerprint density at radius 3 is 2.95 bits per heavy atom. The molecule has 0 aliphatic carbocycles. The summed E-state index contributed by atoms with van der Waals surface area (Å²) in [4.78, 5) is 11.2. The number of nitrogens with one attached hydrogen (secondary N) is 2. The molecular weight excluding hydrogens is 332 g/mol. The Morgan fingerprint density at radius 2 is 2.23 bits per heavy atom. The van der Waals surface area contributed by atoms with Gasteiger partial charge in [0.05, 0.1) is 16.8 Å². The van der Waals surface area contributed by atoms with Gasteiger partial charge in [0.1, 0.15) is 10.6 Å². The second-order valence-electron chi connectivity index (χ2n) is 5.10. The topological polar surface area (TPSA) is 93.7 Å². The Hall–Kier alpha value is -1.35. The minimum atomic E-state index is -3.78. The van der Waals surface area contributed by atoms with E-state index in [-0.39, 0.29) is 40.8 Å². The highest BCUT2D eigenvalue weighted by Gasteiger charge is 2.26. The van der Waals surface area contributed by atoms with E-state index in [9.17, 15) is 13.2 Å². The predicted octanol–water partition coefficient (Wildman–Crippen LogP) is 1.13. The van der Waals surface area contributed by atoms with Crippen LogP contribution in [0.2, 0.25) is 5.02 Å². The van der Waals surface area contributed by atoms with Gasteiger partial charge in [-0.15, -0.1) is 0 Å². The zero-order valence-electron chi connectivity index (χ0n) is 11.6. The van der Waals surface area contributed by atoms with Crippen LogP contribution in [0.1, 0.15) is 12.8 Å². The molecule has 9 heteroatoms. The van der Waals surface area contributed by atoms with E-state index in [4.69, 9.17) is 21.1 Å². The summed E-state index contributed by atoms with van der Waals surface area (Å²) in [6.07, 6.45) is 1.65. The van der Waals surface area contributed by atoms with E-state index in [1.807, 2.05) is 0 Å². The molecule has 2 N–H and O–H groups in total. The van der Waals surface area contributed by atoms with Crippen LogP contribution in [0, 0.1) is 0 Å². The summed E-state index contributed by atoms with van der Waals surface area (Å²) in [6.45, 7) is 0.699. The molecule has 0 bridgehead atoms. The van der Waals surface area contributed by atoms with Crippen LogP contribution in [-0.4, -0.2) is 40.2 Å². The van der Waals surface area contributed by atoms with Crippen LogP contribution in [0.5, 0.6) is 5.75 Å². The second kappa shape index (κ2) is 6.04. The van der Waals surface area contributed by atoms with Gasteiger partial charge in [0, 0.05) is 19.2 Å². The molecular formula is C13H15ClN2O5S. The number of amides is 1. The van der Waals surface area contributed by atoms with Crippen LogP contribution in [0.15, 0.2) is 17.0 Å². The van der Waals surface area contributed by atoms with Gasteiger partial charge in [0.25, 0.3) is 5.91 Å².